The molecule has 0 aliphatic heterocycles. The van der Waals surface area contributed by atoms with Gasteiger partial charge in [0, 0.05) is 30.3 Å². The minimum atomic E-state index is -0.586. The number of hydrogen-bond donors (Lipinski definition) is 2. The molecule has 0 saturated heterocycles. The standard InChI is InChI=1S/C13H19N3O4/c1-4-13(2,14)8-20-11-7-9(12(17)15-3)5-6-10(11)16(18)19/h5-7H,4,8,14H2,1-3H3,(H,15,17). The summed E-state index contributed by atoms with van der Waals surface area (Å²) in [7, 11) is 1.48. The van der Waals surface area contributed by atoms with Crippen LogP contribution in [-0.4, -0.2) is 30.0 Å². The van der Waals surface area contributed by atoms with Crippen LogP contribution in [0.3, 0.4) is 0 Å². The van der Waals surface area contributed by atoms with Crippen LogP contribution in [-0.2, 0) is 0 Å². The number of hydrogen-bond acceptors (Lipinski definition) is 5. The molecule has 20 heavy (non-hydrogen) atoms. The molecule has 0 spiro atoms. The van der Waals surface area contributed by atoms with Gasteiger partial charge in [-0.05, 0) is 19.4 Å². The Morgan fingerprint density at radius 2 is 2.20 bits per heavy atom. The second-order valence-electron chi connectivity index (χ2n) is 4.81. The number of nitro benzene ring substituents is 1. The number of amides is 1. The van der Waals surface area contributed by atoms with Crippen LogP contribution in [0.15, 0.2) is 18.2 Å². The van der Waals surface area contributed by atoms with Gasteiger partial charge in [0.1, 0.15) is 6.61 Å². The van der Waals surface area contributed by atoms with E-state index in [0.717, 1.165) is 0 Å². The third-order valence-electron chi connectivity index (χ3n) is 3.01. The van der Waals surface area contributed by atoms with Gasteiger partial charge in [-0.15, -0.1) is 0 Å². The second-order valence-corrected chi connectivity index (χ2v) is 4.81. The molecule has 0 aliphatic carbocycles. The lowest BCUT2D eigenvalue weighted by atomic mass is 10.0. The van der Waals surface area contributed by atoms with Crippen molar-refractivity contribution >= 4 is 11.6 Å². The molecule has 1 aromatic carbocycles. The summed E-state index contributed by atoms with van der Waals surface area (Å²) in [5.41, 5.74) is 5.46. The molecule has 1 aromatic rings. The van der Waals surface area contributed by atoms with E-state index in [-0.39, 0.29) is 24.0 Å². The number of carbonyl (C=O) groups excluding carboxylic acids is 1. The van der Waals surface area contributed by atoms with Crippen molar-refractivity contribution in [1.29, 1.82) is 0 Å². The zero-order valence-electron chi connectivity index (χ0n) is 11.8. The lowest BCUT2D eigenvalue weighted by Crippen LogP contribution is -2.41. The summed E-state index contributed by atoms with van der Waals surface area (Å²) < 4.78 is 5.44. The first-order chi connectivity index (χ1) is 9.30. The van der Waals surface area contributed by atoms with E-state index in [9.17, 15) is 14.9 Å². The van der Waals surface area contributed by atoms with Crippen molar-refractivity contribution in [3.05, 3.63) is 33.9 Å². The number of nitrogens with two attached hydrogens (primary N) is 1. The molecule has 0 aromatic heterocycles. The first kappa shape index (κ1) is 15.9. The number of carbonyl (C=O) groups is 1. The van der Waals surface area contributed by atoms with Crippen molar-refractivity contribution in [1.82, 2.24) is 5.32 Å². The normalized spacial score (nSPS) is 13.4. The molecule has 0 radical (unpaired) electrons. The molecule has 0 saturated carbocycles. The lowest BCUT2D eigenvalue weighted by molar-refractivity contribution is -0.385. The molecule has 0 heterocycles. The van der Waals surface area contributed by atoms with Crippen molar-refractivity contribution in [3.8, 4) is 5.75 Å². The Hall–Kier alpha value is -2.15. The van der Waals surface area contributed by atoms with Gasteiger partial charge in [0.25, 0.3) is 5.91 Å². The Labute approximate surface area is 117 Å². The average molecular weight is 281 g/mol. The minimum Gasteiger partial charge on any atom is -0.485 e. The maximum atomic E-state index is 11.5. The molecule has 3 N–H and O–H groups in total. The third-order valence-corrected chi connectivity index (χ3v) is 3.01. The summed E-state index contributed by atoms with van der Waals surface area (Å²) in [5, 5.41) is 13.4. The Morgan fingerprint density at radius 1 is 1.55 bits per heavy atom. The SMILES string of the molecule is CCC(C)(N)COc1cc(C(=O)NC)ccc1[N+](=O)[O-]. The molecule has 1 atom stereocenters. The molecule has 7 heteroatoms. The first-order valence-electron chi connectivity index (χ1n) is 6.23. The molecule has 1 unspecified atom stereocenters. The van der Waals surface area contributed by atoms with Gasteiger partial charge < -0.3 is 15.8 Å². The summed E-state index contributed by atoms with van der Waals surface area (Å²) >= 11 is 0. The van der Waals surface area contributed by atoms with Crippen LogP contribution in [0.4, 0.5) is 5.69 Å². The highest BCUT2D eigenvalue weighted by molar-refractivity contribution is 5.94. The number of ether oxygens (including phenoxy) is 1. The molecule has 7 nitrogen and oxygen atoms in total. The van der Waals surface area contributed by atoms with Gasteiger partial charge >= 0.3 is 5.69 Å². The lowest BCUT2D eigenvalue weighted by Gasteiger charge is -2.22. The van der Waals surface area contributed by atoms with Crippen LogP contribution in [0.2, 0.25) is 0 Å². The molecule has 0 bridgehead atoms. The molecular weight excluding hydrogens is 262 g/mol. The Morgan fingerprint density at radius 3 is 2.70 bits per heavy atom. The largest absolute Gasteiger partial charge is 0.485 e. The van der Waals surface area contributed by atoms with Crippen molar-refractivity contribution in [2.45, 2.75) is 25.8 Å². The molecule has 0 fully saturated rings. The number of benzene rings is 1. The highest BCUT2D eigenvalue weighted by Crippen LogP contribution is 2.28. The summed E-state index contributed by atoms with van der Waals surface area (Å²) in [4.78, 5) is 22.0. The van der Waals surface area contributed by atoms with E-state index in [0.29, 0.717) is 12.0 Å². The van der Waals surface area contributed by atoms with Crippen molar-refractivity contribution in [3.63, 3.8) is 0 Å². The number of rotatable bonds is 6. The van der Waals surface area contributed by atoms with E-state index in [4.69, 9.17) is 10.5 Å². The van der Waals surface area contributed by atoms with Crippen molar-refractivity contribution in [2.75, 3.05) is 13.7 Å². The third kappa shape index (κ3) is 3.92. The van der Waals surface area contributed by atoms with Crippen molar-refractivity contribution < 1.29 is 14.5 Å². The molecule has 0 aliphatic rings. The van der Waals surface area contributed by atoms with Gasteiger partial charge in [-0.2, -0.15) is 0 Å². The van der Waals surface area contributed by atoms with Crippen LogP contribution in [0.25, 0.3) is 0 Å². The highest BCUT2D eigenvalue weighted by Gasteiger charge is 2.22. The predicted molar refractivity (Wildman–Crippen MR) is 74.9 cm³/mol. The van der Waals surface area contributed by atoms with E-state index in [2.05, 4.69) is 5.32 Å². The molecule has 1 rings (SSSR count). The molecule has 110 valence electrons. The fourth-order valence-corrected chi connectivity index (χ4v) is 1.41. The number of nitrogens with one attached hydrogen (secondary N) is 1. The van der Waals surface area contributed by atoms with Gasteiger partial charge in [-0.1, -0.05) is 6.92 Å². The van der Waals surface area contributed by atoms with Crippen LogP contribution in [0.5, 0.6) is 5.75 Å². The van der Waals surface area contributed by atoms with Crippen molar-refractivity contribution in [2.24, 2.45) is 5.73 Å². The average Bonchev–Trinajstić information content (AvgIpc) is 2.43. The highest BCUT2D eigenvalue weighted by atomic mass is 16.6. The van der Waals surface area contributed by atoms with Crippen LogP contribution >= 0.6 is 0 Å². The Bertz CT molecular complexity index is 514. The summed E-state index contributed by atoms with van der Waals surface area (Å²) in [6.45, 7) is 3.82. The monoisotopic (exact) mass is 281 g/mol. The maximum absolute atomic E-state index is 11.5. The van der Waals surface area contributed by atoms with Crippen LogP contribution in [0.1, 0.15) is 30.6 Å². The fraction of sp³-hybridized carbons (Fsp3) is 0.462. The minimum absolute atomic E-state index is 0.0428. The van der Waals surface area contributed by atoms with E-state index >= 15 is 0 Å². The summed E-state index contributed by atoms with van der Waals surface area (Å²) in [6.07, 6.45) is 0.663. The summed E-state index contributed by atoms with van der Waals surface area (Å²) in [6, 6.07) is 3.98. The van der Waals surface area contributed by atoms with E-state index in [1.54, 1.807) is 6.92 Å². The van der Waals surface area contributed by atoms with E-state index in [1.165, 1.54) is 25.2 Å². The number of nitrogens with zero attached hydrogens (tertiary/aromatic N) is 1. The second kappa shape index (κ2) is 6.33. The van der Waals surface area contributed by atoms with Gasteiger partial charge in [0.05, 0.1) is 4.92 Å². The zero-order valence-corrected chi connectivity index (χ0v) is 11.8. The molecular formula is C13H19N3O4. The predicted octanol–water partition coefficient (Wildman–Crippen LogP) is 1.46. The Balaban J connectivity index is 3.06. The zero-order chi connectivity index (χ0) is 15.3. The van der Waals surface area contributed by atoms with E-state index in [1.807, 2.05) is 6.92 Å². The maximum Gasteiger partial charge on any atom is 0.310 e. The smallest absolute Gasteiger partial charge is 0.310 e. The molecule has 1 amide bonds. The number of nitro groups is 1. The summed E-state index contributed by atoms with van der Waals surface area (Å²) in [5.74, 6) is -0.294. The van der Waals surface area contributed by atoms with Gasteiger partial charge in [0.15, 0.2) is 5.75 Å². The fourth-order valence-electron chi connectivity index (χ4n) is 1.41. The van der Waals surface area contributed by atoms with E-state index < -0.39 is 10.5 Å². The van der Waals surface area contributed by atoms with Gasteiger partial charge in [-0.3, -0.25) is 14.9 Å². The van der Waals surface area contributed by atoms with Crippen LogP contribution in [0, 0.1) is 10.1 Å². The van der Waals surface area contributed by atoms with Crippen LogP contribution < -0.4 is 15.8 Å². The topological polar surface area (TPSA) is 107 Å². The first-order valence-corrected chi connectivity index (χ1v) is 6.23. The quantitative estimate of drug-likeness (QED) is 0.606. The van der Waals surface area contributed by atoms with Gasteiger partial charge in [0.2, 0.25) is 0 Å². The van der Waals surface area contributed by atoms with Gasteiger partial charge in [-0.25, -0.2) is 0 Å². The Kier molecular flexibility index (Phi) is 5.04.